The van der Waals surface area contributed by atoms with Crippen molar-refractivity contribution in [3.05, 3.63) is 0 Å². The van der Waals surface area contributed by atoms with E-state index in [1.165, 1.54) is 0 Å². The average Bonchev–Trinajstić information content (AvgIpc) is 2.35. The topological polar surface area (TPSA) is 118 Å². The van der Waals surface area contributed by atoms with Crippen molar-refractivity contribution >= 4 is 25.8 Å². The number of sulfonamides is 1. The number of nitrogens with one attached hydrogen (secondary N) is 1. The summed E-state index contributed by atoms with van der Waals surface area (Å²) in [4.78, 5) is 11.4. The first-order chi connectivity index (χ1) is 9.06. The summed E-state index contributed by atoms with van der Waals surface area (Å²) in [5, 5.41) is 9.31. The number of hydrogen-bond donors (Lipinski definition) is 2. The molecule has 0 bridgehead atoms. The van der Waals surface area contributed by atoms with Crippen LogP contribution in [0.1, 0.15) is 32.1 Å². The fourth-order valence-corrected chi connectivity index (χ4v) is 5.01. The Bertz CT molecular complexity index is 545. The van der Waals surface area contributed by atoms with Crippen molar-refractivity contribution in [2.75, 3.05) is 24.3 Å². The summed E-state index contributed by atoms with van der Waals surface area (Å²) in [5.41, 5.74) is -1.06. The Labute approximate surface area is 119 Å². The van der Waals surface area contributed by atoms with Crippen molar-refractivity contribution in [1.82, 2.24) is 4.72 Å². The molecular weight excluding hydrogens is 306 g/mol. The summed E-state index contributed by atoms with van der Waals surface area (Å²) in [6.07, 6.45) is 4.32. The monoisotopic (exact) mass is 327 g/mol. The molecule has 1 aliphatic carbocycles. The Hall–Kier alpha value is -0.670. The van der Waals surface area contributed by atoms with Gasteiger partial charge in [0.2, 0.25) is 10.0 Å². The van der Waals surface area contributed by atoms with Crippen molar-refractivity contribution < 1.29 is 26.7 Å². The smallest absolute Gasteiger partial charge is 0.310 e. The van der Waals surface area contributed by atoms with Crippen LogP contribution in [0.2, 0.25) is 0 Å². The molecule has 9 heteroatoms. The zero-order chi connectivity index (χ0) is 15.4. The van der Waals surface area contributed by atoms with Crippen LogP contribution >= 0.6 is 0 Å². The van der Waals surface area contributed by atoms with E-state index < -0.39 is 42.8 Å². The summed E-state index contributed by atoms with van der Waals surface area (Å²) >= 11 is 0. The Balaban J connectivity index is 2.65. The molecule has 1 aliphatic rings. The van der Waals surface area contributed by atoms with Crippen LogP contribution in [0.25, 0.3) is 0 Å². The van der Waals surface area contributed by atoms with Crippen LogP contribution in [0.15, 0.2) is 0 Å². The van der Waals surface area contributed by atoms with Crippen molar-refractivity contribution in [2.24, 2.45) is 5.41 Å². The molecule has 0 aliphatic heterocycles. The first-order valence-electron chi connectivity index (χ1n) is 6.45. The Kier molecular flexibility index (Phi) is 5.56. The van der Waals surface area contributed by atoms with Crippen LogP contribution in [0.3, 0.4) is 0 Å². The number of aliphatic carboxylic acids is 1. The third-order valence-corrected chi connectivity index (χ3v) is 6.15. The largest absolute Gasteiger partial charge is 0.481 e. The highest BCUT2D eigenvalue weighted by atomic mass is 32.2. The van der Waals surface area contributed by atoms with Gasteiger partial charge in [-0.25, -0.2) is 21.6 Å². The van der Waals surface area contributed by atoms with Gasteiger partial charge in [0, 0.05) is 12.8 Å². The van der Waals surface area contributed by atoms with E-state index in [0.717, 1.165) is 25.5 Å². The van der Waals surface area contributed by atoms with Crippen molar-refractivity contribution in [3.63, 3.8) is 0 Å². The van der Waals surface area contributed by atoms with Gasteiger partial charge < -0.3 is 5.11 Å². The maximum Gasteiger partial charge on any atom is 0.310 e. The summed E-state index contributed by atoms with van der Waals surface area (Å²) in [6.45, 7) is -0.172. The molecule has 0 unspecified atom stereocenters. The van der Waals surface area contributed by atoms with E-state index in [9.17, 15) is 26.7 Å². The summed E-state index contributed by atoms with van der Waals surface area (Å²) < 4.78 is 47.6. The van der Waals surface area contributed by atoms with E-state index in [1.54, 1.807) is 0 Å². The van der Waals surface area contributed by atoms with Gasteiger partial charge in [0.25, 0.3) is 0 Å². The van der Waals surface area contributed by atoms with E-state index in [4.69, 9.17) is 0 Å². The highest BCUT2D eigenvalue weighted by Crippen LogP contribution is 2.36. The second-order valence-electron chi connectivity index (χ2n) is 5.42. The van der Waals surface area contributed by atoms with E-state index in [2.05, 4.69) is 4.72 Å². The SMILES string of the molecule is CS(=O)(=O)CCS(=O)(=O)NCC1(C(=O)O)CCCCC1. The van der Waals surface area contributed by atoms with Gasteiger partial charge in [0.15, 0.2) is 0 Å². The number of carboxylic acid groups (broad SMARTS) is 1. The molecule has 118 valence electrons. The maximum absolute atomic E-state index is 11.7. The molecule has 0 aromatic rings. The van der Waals surface area contributed by atoms with Gasteiger partial charge in [-0.1, -0.05) is 19.3 Å². The third-order valence-electron chi connectivity index (χ3n) is 3.62. The predicted octanol–water partition coefficient (Wildman–Crippen LogP) is -0.0145. The minimum atomic E-state index is -3.78. The van der Waals surface area contributed by atoms with Crippen LogP contribution in [-0.2, 0) is 24.7 Å². The van der Waals surface area contributed by atoms with Gasteiger partial charge in [0.1, 0.15) is 9.84 Å². The van der Waals surface area contributed by atoms with Gasteiger partial charge in [-0.15, -0.1) is 0 Å². The van der Waals surface area contributed by atoms with E-state index in [-0.39, 0.29) is 6.54 Å². The first kappa shape index (κ1) is 17.4. The van der Waals surface area contributed by atoms with E-state index in [0.29, 0.717) is 12.8 Å². The number of sulfone groups is 1. The first-order valence-corrected chi connectivity index (χ1v) is 10.2. The Morgan fingerprint density at radius 2 is 1.65 bits per heavy atom. The fourth-order valence-electron chi connectivity index (χ4n) is 2.28. The van der Waals surface area contributed by atoms with Crippen LogP contribution in [-0.4, -0.2) is 52.2 Å². The molecule has 1 rings (SSSR count). The second kappa shape index (κ2) is 6.40. The maximum atomic E-state index is 11.7. The lowest BCUT2D eigenvalue weighted by molar-refractivity contribution is -0.150. The quantitative estimate of drug-likeness (QED) is 0.679. The number of carbonyl (C=O) groups is 1. The zero-order valence-corrected chi connectivity index (χ0v) is 13.1. The molecule has 0 aromatic carbocycles. The lowest BCUT2D eigenvalue weighted by Crippen LogP contribution is -2.45. The standard InChI is InChI=1S/C11H21NO6S2/c1-19(15,16)7-8-20(17,18)12-9-11(10(13)14)5-3-2-4-6-11/h12H,2-9H2,1H3,(H,13,14). The lowest BCUT2D eigenvalue weighted by Gasteiger charge is -2.33. The van der Waals surface area contributed by atoms with E-state index in [1.807, 2.05) is 0 Å². The molecule has 20 heavy (non-hydrogen) atoms. The molecule has 0 spiro atoms. The van der Waals surface area contributed by atoms with Crippen LogP contribution in [0.4, 0.5) is 0 Å². The molecular formula is C11H21NO6S2. The van der Waals surface area contributed by atoms with Crippen LogP contribution in [0, 0.1) is 5.41 Å². The number of hydrogen-bond acceptors (Lipinski definition) is 5. The third kappa shape index (κ3) is 5.37. The van der Waals surface area contributed by atoms with Crippen molar-refractivity contribution in [3.8, 4) is 0 Å². The highest BCUT2D eigenvalue weighted by Gasteiger charge is 2.40. The molecule has 2 N–H and O–H groups in total. The van der Waals surface area contributed by atoms with Gasteiger partial charge >= 0.3 is 5.97 Å². The number of carboxylic acids is 1. The van der Waals surface area contributed by atoms with Gasteiger partial charge in [-0.2, -0.15) is 0 Å². The molecule has 0 radical (unpaired) electrons. The Morgan fingerprint density at radius 3 is 2.10 bits per heavy atom. The normalized spacial score (nSPS) is 19.6. The summed E-state index contributed by atoms with van der Waals surface area (Å²) in [7, 11) is -7.15. The average molecular weight is 327 g/mol. The van der Waals surface area contributed by atoms with Gasteiger partial charge in [0.05, 0.1) is 16.9 Å². The molecule has 7 nitrogen and oxygen atoms in total. The molecule has 0 amide bonds. The molecule has 0 aromatic heterocycles. The number of rotatable bonds is 7. The Morgan fingerprint density at radius 1 is 1.10 bits per heavy atom. The molecule has 1 fully saturated rings. The minimum absolute atomic E-state index is 0.172. The van der Waals surface area contributed by atoms with Crippen LogP contribution in [0.5, 0.6) is 0 Å². The van der Waals surface area contributed by atoms with Crippen LogP contribution < -0.4 is 4.72 Å². The summed E-state index contributed by atoms with van der Waals surface area (Å²) in [5.74, 6) is -2.01. The molecule has 0 atom stereocenters. The van der Waals surface area contributed by atoms with E-state index >= 15 is 0 Å². The zero-order valence-electron chi connectivity index (χ0n) is 11.5. The molecule has 1 saturated carbocycles. The van der Waals surface area contributed by atoms with Crippen molar-refractivity contribution in [2.45, 2.75) is 32.1 Å². The molecule has 0 heterocycles. The minimum Gasteiger partial charge on any atom is -0.481 e. The highest BCUT2D eigenvalue weighted by molar-refractivity contribution is 7.93. The fraction of sp³-hybridized carbons (Fsp3) is 0.909. The van der Waals surface area contributed by atoms with Gasteiger partial charge in [-0.05, 0) is 12.8 Å². The summed E-state index contributed by atoms with van der Waals surface area (Å²) in [6, 6.07) is 0. The van der Waals surface area contributed by atoms with Crippen molar-refractivity contribution in [1.29, 1.82) is 0 Å². The molecule has 0 saturated heterocycles. The van der Waals surface area contributed by atoms with Gasteiger partial charge in [-0.3, -0.25) is 4.79 Å². The lowest BCUT2D eigenvalue weighted by atomic mass is 9.74. The second-order valence-corrected chi connectivity index (χ2v) is 9.60. The predicted molar refractivity (Wildman–Crippen MR) is 74.7 cm³/mol.